The Morgan fingerprint density at radius 2 is 1.81 bits per heavy atom. The summed E-state index contributed by atoms with van der Waals surface area (Å²) in [6, 6.07) is 5.00. The van der Waals surface area contributed by atoms with Crippen molar-refractivity contribution in [3.8, 4) is 0 Å². The van der Waals surface area contributed by atoms with Gasteiger partial charge in [-0.25, -0.2) is 4.79 Å². The number of thioether (sulfide) groups is 1. The Balaban J connectivity index is 2.01. The Hall–Kier alpha value is -2.56. The summed E-state index contributed by atoms with van der Waals surface area (Å²) in [6.07, 6.45) is 5.94. The second-order valence-corrected chi connectivity index (χ2v) is 8.68. The summed E-state index contributed by atoms with van der Waals surface area (Å²) < 4.78 is 0. The number of fused-ring (bicyclic) bond motifs is 1. The van der Waals surface area contributed by atoms with Gasteiger partial charge in [-0.3, -0.25) is 9.59 Å². The first-order valence-corrected chi connectivity index (χ1v) is 12.1. The van der Waals surface area contributed by atoms with E-state index in [1.807, 2.05) is 36.7 Å². The van der Waals surface area contributed by atoms with Crippen LogP contribution in [0.15, 0.2) is 30.5 Å². The number of H-pyrrole nitrogens is 1. The van der Waals surface area contributed by atoms with E-state index in [0.717, 1.165) is 16.5 Å². The number of hydrogen-bond donors (Lipinski definition) is 6. The molecular weight excluding hydrogens is 430 g/mol. The summed E-state index contributed by atoms with van der Waals surface area (Å²) >= 11 is 1.53. The highest BCUT2D eigenvalue weighted by Gasteiger charge is 2.27. The SMILES string of the molecule is CSCC[C@H](NC(=O)[C@@H](N)Cc1c[nH]c2ccccc12)C(=O)N[C@@H](CCCCN)C(=O)O. The highest BCUT2D eigenvalue weighted by molar-refractivity contribution is 7.98. The first kappa shape index (κ1) is 25.7. The fourth-order valence-corrected chi connectivity index (χ4v) is 3.91. The van der Waals surface area contributed by atoms with Gasteiger partial charge in [0.1, 0.15) is 12.1 Å². The number of carboxylic acids is 1. The fraction of sp³-hybridized carbons (Fsp3) is 0.500. The van der Waals surface area contributed by atoms with Gasteiger partial charge >= 0.3 is 5.97 Å². The van der Waals surface area contributed by atoms with E-state index >= 15 is 0 Å². The standard InChI is InChI=1S/C22H33N5O4S/c1-32-11-9-18(21(29)27-19(22(30)31)8-4-5-10-23)26-20(28)16(24)12-14-13-25-17-7-3-2-6-15(14)17/h2-3,6-7,13,16,18-19,25H,4-5,8-12,23-24H2,1H3,(H,26,28)(H,27,29)(H,30,31)/t16-,18-,19-/m0/s1. The zero-order valence-corrected chi connectivity index (χ0v) is 19.1. The molecule has 0 spiro atoms. The van der Waals surface area contributed by atoms with E-state index < -0.39 is 35.9 Å². The maximum Gasteiger partial charge on any atom is 0.326 e. The van der Waals surface area contributed by atoms with Gasteiger partial charge in [0, 0.05) is 17.1 Å². The average Bonchev–Trinajstić information content (AvgIpc) is 3.18. The lowest BCUT2D eigenvalue weighted by Crippen LogP contribution is -2.55. The number of aliphatic carboxylic acids is 1. The van der Waals surface area contributed by atoms with Gasteiger partial charge in [-0.05, 0) is 62.3 Å². The lowest BCUT2D eigenvalue weighted by atomic mass is 10.0. The quantitative estimate of drug-likeness (QED) is 0.227. The van der Waals surface area contributed by atoms with Crippen molar-refractivity contribution in [2.45, 2.75) is 50.2 Å². The van der Waals surface area contributed by atoms with Crippen molar-refractivity contribution in [2.75, 3.05) is 18.6 Å². The first-order valence-electron chi connectivity index (χ1n) is 10.7. The zero-order chi connectivity index (χ0) is 23.5. The van der Waals surface area contributed by atoms with Crippen LogP contribution in [-0.4, -0.2) is 64.6 Å². The van der Waals surface area contributed by atoms with Gasteiger partial charge in [-0.1, -0.05) is 18.2 Å². The van der Waals surface area contributed by atoms with Crippen molar-refractivity contribution >= 4 is 40.4 Å². The molecule has 2 amide bonds. The number of carboxylic acid groups (broad SMARTS) is 1. The first-order chi connectivity index (χ1) is 15.4. The molecule has 0 aliphatic carbocycles. The van der Waals surface area contributed by atoms with Gasteiger partial charge in [-0.15, -0.1) is 0 Å². The van der Waals surface area contributed by atoms with Gasteiger partial charge in [0.25, 0.3) is 0 Å². The molecule has 0 fully saturated rings. The number of aromatic amines is 1. The molecule has 2 rings (SSSR count). The van der Waals surface area contributed by atoms with Crippen LogP contribution in [0.5, 0.6) is 0 Å². The molecule has 1 aromatic carbocycles. The molecular formula is C22H33N5O4S. The summed E-state index contributed by atoms with van der Waals surface area (Å²) in [7, 11) is 0. The third-order valence-corrected chi connectivity index (χ3v) is 5.90. The largest absolute Gasteiger partial charge is 0.480 e. The number of carbonyl (C=O) groups excluding carboxylic acids is 2. The van der Waals surface area contributed by atoms with Crippen LogP contribution in [0.25, 0.3) is 10.9 Å². The number of amides is 2. The molecule has 3 atom stereocenters. The van der Waals surface area contributed by atoms with Crippen LogP contribution in [0.1, 0.15) is 31.2 Å². The topological polar surface area (TPSA) is 163 Å². The maximum absolute atomic E-state index is 12.8. The Bertz CT molecular complexity index is 903. The molecule has 0 saturated heterocycles. The van der Waals surface area contributed by atoms with E-state index in [0.29, 0.717) is 38.0 Å². The predicted molar refractivity (Wildman–Crippen MR) is 127 cm³/mol. The summed E-state index contributed by atoms with van der Waals surface area (Å²) in [4.78, 5) is 40.2. The van der Waals surface area contributed by atoms with E-state index in [4.69, 9.17) is 11.5 Å². The highest BCUT2D eigenvalue weighted by Crippen LogP contribution is 2.18. The predicted octanol–water partition coefficient (Wildman–Crippen LogP) is 0.974. The minimum absolute atomic E-state index is 0.279. The van der Waals surface area contributed by atoms with Crippen molar-refractivity contribution in [1.29, 1.82) is 0 Å². The minimum atomic E-state index is -1.11. The van der Waals surface area contributed by atoms with E-state index in [1.54, 1.807) is 0 Å². The number of nitrogens with two attached hydrogens (primary N) is 2. The van der Waals surface area contributed by atoms with Crippen molar-refractivity contribution in [3.63, 3.8) is 0 Å². The molecule has 0 bridgehead atoms. The number of rotatable bonds is 14. The molecule has 0 aliphatic heterocycles. The monoisotopic (exact) mass is 463 g/mol. The summed E-state index contributed by atoms with van der Waals surface area (Å²) in [5, 5.41) is 15.7. The number of nitrogens with one attached hydrogen (secondary N) is 3. The van der Waals surface area contributed by atoms with Crippen LogP contribution < -0.4 is 22.1 Å². The second-order valence-electron chi connectivity index (χ2n) is 7.70. The van der Waals surface area contributed by atoms with Crippen molar-refractivity contribution in [1.82, 2.24) is 15.6 Å². The molecule has 0 radical (unpaired) electrons. The second kappa shape index (κ2) is 13.1. The number of aromatic nitrogens is 1. The van der Waals surface area contributed by atoms with Crippen LogP contribution in [0, 0.1) is 0 Å². The van der Waals surface area contributed by atoms with Crippen LogP contribution in [-0.2, 0) is 20.8 Å². The number of para-hydroxylation sites is 1. The van der Waals surface area contributed by atoms with E-state index in [2.05, 4.69) is 15.6 Å². The number of benzene rings is 1. The Kier molecular flexibility index (Phi) is 10.5. The van der Waals surface area contributed by atoms with Crippen molar-refractivity contribution in [2.24, 2.45) is 11.5 Å². The molecule has 32 heavy (non-hydrogen) atoms. The number of hydrogen-bond acceptors (Lipinski definition) is 6. The third kappa shape index (κ3) is 7.54. The molecule has 1 aromatic heterocycles. The molecule has 0 saturated carbocycles. The molecule has 176 valence electrons. The minimum Gasteiger partial charge on any atom is -0.480 e. The lowest BCUT2D eigenvalue weighted by molar-refractivity contribution is -0.142. The zero-order valence-electron chi connectivity index (χ0n) is 18.3. The molecule has 0 unspecified atom stereocenters. The fourth-order valence-electron chi connectivity index (χ4n) is 3.44. The lowest BCUT2D eigenvalue weighted by Gasteiger charge is -2.23. The van der Waals surface area contributed by atoms with Gasteiger partial charge in [-0.2, -0.15) is 11.8 Å². The highest BCUT2D eigenvalue weighted by atomic mass is 32.2. The average molecular weight is 464 g/mol. The van der Waals surface area contributed by atoms with Crippen molar-refractivity contribution < 1.29 is 19.5 Å². The van der Waals surface area contributed by atoms with Gasteiger partial charge in [0.2, 0.25) is 11.8 Å². The van der Waals surface area contributed by atoms with Crippen LogP contribution in [0.4, 0.5) is 0 Å². The molecule has 2 aromatic rings. The maximum atomic E-state index is 12.8. The molecule has 9 nitrogen and oxygen atoms in total. The Labute approximate surface area is 192 Å². The van der Waals surface area contributed by atoms with Gasteiger partial charge in [0.05, 0.1) is 6.04 Å². The van der Waals surface area contributed by atoms with Gasteiger partial charge < -0.3 is 32.2 Å². The summed E-state index contributed by atoms with van der Waals surface area (Å²) in [5.41, 5.74) is 13.5. The van der Waals surface area contributed by atoms with Crippen molar-refractivity contribution in [3.05, 3.63) is 36.0 Å². The number of unbranched alkanes of at least 4 members (excludes halogenated alkanes) is 1. The number of carbonyl (C=O) groups is 3. The van der Waals surface area contributed by atoms with E-state index in [-0.39, 0.29) is 6.42 Å². The normalized spacial score (nSPS) is 14.0. The third-order valence-electron chi connectivity index (χ3n) is 5.26. The van der Waals surface area contributed by atoms with Crippen LogP contribution in [0.2, 0.25) is 0 Å². The molecule has 10 heteroatoms. The molecule has 0 aliphatic rings. The Morgan fingerprint density at radius 3 is 2.50 bits per heavy atom. The van der Waals surface area contributed by atoms with Crippen LogP contribution >= 0.6 is 11.8 Å². The summed E-state index contributed by atoms with van der Waals surface area (Å²) in [5.74, 6) is -1.46. The van der Waals surface area contributed by atoms with Gasteiger partial charge in [0.15, 0.2) is 0 Å². The van der Waals surface area contributed by atoms with E-state index in [9.17, 15) is 19.5 Å². The van der Waals surface area contributed by atoms with E-state index in [1.165, 1.54) is 11.8 Å². The molecule has 8 N–H and O–H groups in total. The molecule has 1 heterocycles. The smallest absolute Gasteiger partial charge is 0.326 e. The Morgan fingerprint density at radius 1 is 1.09 bits per heavy atom. The van der Waals surface area contributed by atoms with Crippen LogP contribution in [0.3, 0.4) is 0 Å². The summed E-state index contributed by atoms with van der Waals surface area (Å²) in [6.45, 7) is 0.459.